The van der Waals surface area contributed by atoms with Crippen LogP contribution in [0.1, 0.15) is 47.1 Å². The van der Waals surface area contributed by atoms with Crippen LogP contribution in [0, 0.1) is 20.8 Å². The lowest BCUT2D eigenvalue weighted by molar-refractivity contribution is 0.727. The van der Waals surface area contributed by atoms with Crippen molar-refractivity contribution < 1.29 is 0 Å². The first kappa shape index (κ1) is 9.79. The van der Waals surface area contributed by atoms with E-state index in [-0.39, 0.29) is 0 Å². The molecule has 0 aromatic carbocycles. The molecule has 0 aliphatic carbocycles. The van der Waals surface area contributed by atoms with Crippen LogP contribution < -0.4 is 0 Å². The molecule has 1 unspecified atom stereocenters. The van der Waals surface area contributed by atoms with Gasteiger partial charge in [-0.15, -0.1) is 11.3 Å². The Hall–Kier alpha value is -0.300. The first-order chi connectivity index (χ1) is 5.57. The largest absolute Gasteiger partial charge is 0.145 e. The molecule has 0 bridgehead atoms. The molecule has 68 valence electrons. The summed E-state index contributed by atoms with van der Waals surface area (Å²) in [5.41, 5.74) is 3.12. The molecule has 0 radical (unpaired) electrons. The third kappa shape index (κ3) is 1.56. The summed E-state index contributed by atoms with van der Waals surface area (Å²) < 4.78 is 0. The number of rotatable bonds is 2. The summed E-state index contributed by atoms with van der Waals surface area (Å²) in [5, 5.41) is 0. The highest BCUT2D eigenvalue weighted by molar-refractivity contribution is 7.12. The zero-order valence-corrected chi connectivity index (χ0v) is 9.51. The molecule has 0 nitrogen and oxygen atoms in total. The molecule has 0 N–H and O–H groups in total. The zero-order valence-electron chi connectivity index (χ0n) is 8.69. The van der Waals surface area contributed by atoms with Gasteiger partial charge in [0.25, 0.3) is 0 Å². The molecule has 1 atom stereocenters. The quantitative estimate of drug-likeness (QED) is 0.643. The number of aryl methyl sites for hydroxylation is 2. The molecule has 1 heterocycles. The van der Waals surface area contributed by atoms with Gasteiger partial charge >= 0.3 is 0 Å². The third-order valence-corrected chi connectivity index (χ3v) is 3.86. The molecule has 1 aromatic rings. The average Bonchev–Trinajstić information content (AvgIpc) is 2.26. The van der Waals surface area contributed by atoms with E-state index < -0.39 is 0 Å². The van der Waals surface area contributed by atoms with Gasteiger partial charge in [-0.2, -0.15) is 0 Å². The second-order valence-corrected chi connectivity index (χ2v) is 4.99. The minimum absolute atomic E-state index is 0.731. The normalized spacial score (nSPS) is 13.4. The first-order valence-electron chi connectivity index (χ1n) is 4.64. The van der Waals surface area contributed by atoms with Gasteiger partial charge < -0.3 is 0 Å². The van der Waals surface area contributed by atoms with Gasteiger partial charge in [0.05, 0.1) is 0 Å². The summed E-state index contributed by atoms with van der Waals surface area (Å²) in [6, 6.07) is 0. The standard InChI is InChI=1S/C11H18S/c1-6-7(2)11-8(3)9(4)12-10(11)5/h7H,6H2,1-5H3. The van der Waals surface area contributed by atoms with Gasteiger partial charge in [-0.3, -0.25) is 0 Å². The first-order valence-corrected chi connectivity index (χ1v) is 5.46. The molecule has 1 heteroatoms. The summed E-state index contributed by atoms with van der Waals surface area (Å²) in [5.74, 6) is 0.731. The van der Waals surface area contributed by atoms with E-state index in [1.54, 1.807) is 5.56 Å². The Bertz CT molecular complexity index is 271. The Balaban J connectivity index is 3.13. The second-order valence-electron chi connectivity index (χ2n) is 3.56. The molecule has 1 aromatic heterocycles. The summed E-state index contributed by atoms with van der Waals surface area (Å²) in [4.78, 5) is 3.00. The smallest absolute Gasteiger partial charge is 0.00544 e. The molecular formula is C11H18S. The molecule has 0 saturated carbocycles. The lowest BCUT2D eigenvalue weighted by Crippen LogP contribution is -1.93. The summed E-state index contributed by atoms with van der Waals surface area (Å²) in [6.45, 7) is 11.3. The molecule has 0 saturated heterocycles. The van der Waals surface area contributed by atoms with Crippen LogP contribution in [0.3, 0.4) is 0 Å². The highest BCUT2D eigenvalue weighted by atomic mass is 32.1. The Morgan fingerprint density at radius 2 is 1.75 bits per heavy atom. The van der Waals surface area contributed by atoms with Crippen LogP contribution in [0.15, 0.2) is 0 Å². The fraction of sp³-hybridized carbons (Fsp3) is 0.636. The Morgan fingerprint density at radius 1 is 1.17 bits per heavy atom. The minimum atomic E-state index is 0.731. The highest BCUT2D eigenvalue weighted by Crippen LogP contribution is 2.33. The van der Waals surface area contributed by atoms with Crippen molar-refractivity contribution in [2.24, 2.45) is 0 Å². The van der Waals surface area contributed by atoms with E-state index in [0.717, 1.165) is 5.92 Å². The fourth-order valence-corrected chi connectivity index (χ4v) is 2.92. The molecule has 0 amide bonds. The summed E-state index contributed by atoms with van der Waals surface area (Å²) in [7, 11) is 0. The molecule has 1 rings (SSSR count). The number of thiophene rings is 1. The van der Waals surface area contributed by atoms with E-state index >= 15 is 0 Å². The summed E-state index contributed by atoms with van der Waals surface area (Å²) in [6.07, 6.45) is 1.25. The van der Waals surface area contributed by atoms with Crippen molar-refractivity contribution in [2.45, 2.75) is 47.0 Å². The van der Waals surface area contributed by atoms with Crippen molar-refractivity contribution in [3.05, 3.63) is 20.9 Å². The number of hydrogen-bond acceptors (Lipinski definition) is 1. The molecule has 0 fully saturated rings. The van der Waals surface area contributed by atoms with Crippen LogP contribution in [0.25, 0.3) is 0 Å². The van der Waals surface area contributed by atoms with Gasteiger partial charge in [-0.05, 0) is 44.2 Å². The lowest BCUT2D eigenvalue weighted by atomic mass is 9.95. The Labute approximate surface area is 79.6 Å². The summed E-state index contributed by atoms with van der Waals surface area (Å²) >= 11 is 1.94. The van der Waals surface area contributed by atoms with E-state index in [4.69, 9.17) is 0 Å². The van der Waals surface area contributed by atoms with Crippen molar-refractivity contribution in [1.82, 2.24) is 0 Å². The minimum Gasteiger partial charge on any atom is -0.145 e. The van der Waals surface area contributed by atoms with Crippen molar-refractivity contribution in [2.75, 3.05) is 0 Å². The van der Waals surface area contributed by atoms with Crippen molar-refractivity contribution in [1.29, 1.82) is 0 Å². The Kier molecular flexibility index (Phi) is 2.94. The highest BCUT2D eigenvalue weighted by Gasteiger charge is 2.13. The van der Waals surface area contributed by atoms with Crippen LogP contribution in [0.5, 0.6) is 0 Å². The fourth-order valence-electron chi connectivity index (χ4n) is 1.74. The predicted octanol–water partition coefficient (Wildman–Crippen LogP) is 4.19. The van der Waals surface area contributed by atoms with Crippen LogP contribution in [0.4, 0.5) is 0 Å². The Morgan fingerprint density at radius 3 is 2.08 bits per heavy atom. The zero-order chi connectivity index (χ0) is 9.30. The predicted molar refractivity (Wildman–Crippen MR) is 57.2 cm³/mol. The van der Waals surface area contributed by atoms with Crippen LogP contribution in [0.2, 0.25) is 0 Å². The maximum absolute atomic E-state index is 2.32. The van der Waals surface area contributed by atoms with Gasteiger partial charge in [0, 0.05) is 9.75 Å². The maximum Gasteiger partial charge on any atom is 0.00544 e. The van der Waals surface area contributed by atoms with Crippen LogP contribution in [-0.4, -0.2) is 0 Å². The van der Waals surface area contributed by atoms with Gasteiger partial charge in [0.15, 0.2) is 0 Å². The van der Waals surface area contributed by atoms with Crippen molar-refractivity contribution >= 4 is 11.3 Å². The van der Waals surface area contributed by atoms with Crippen molar-refractivity contribution in [3.8, 4) is 0 Å². The molecule has 12 heavy (non-hydrogen) atoms. The van der Waals surface area contributed by atoms with Crippen molar-refractivity contribution in [3.63, 3.8) is 0 Å². The van der Waals surface area contributed by atoms with Crippen LogP contribution >= 0.6 is 11.3 Å². The number of hydrogen-bond donors (Lipinski definition) is 0. The molecule has 0 aliphatic heterocycles. The van der Waals surface area contributed by atoms with Gasteiger partial charge in [-0.1, -0.05) is 13.8 Å². The molecular weight excluding hydrogens is 164 g/mol. The van der Waals surface area contributed by atoms with Gasteiger partial charge in [0.2, 0.25) is 0 Å². The van der Waals surface area contributed by atoms with E-state index in [9.17, 15) is 0 Å². The topological polar surface area (TPSA) is 0 Å². The lowest BCUT2D eigenvalue weighted by Gasteiger charge is -2.09. The van der Waals surface area contributed by atoms with Crippen LogP contribution in [-0.2, 0) is 0 Å². The van der Waals surface area contributed by atoms with Gasteiger partial charge in [-0.25, -0.2) is 0 Å². The van der Waals surface area contributed by atoms with E-state index in [2.05, 4.69) is 34.6 Å². The second kappa shape index (κ2) is 3.61. The third-order valence-electron chi connectivity index (χ3n) is 2.72. The average molecular weight is 182 g/mol. The van der Waals surface area contributed by atoms with E-state index in [0.29, 0.717) is 0 Å². The van der Waals surface area contributed by atoms with Gasteiger partial charge in [0.1, 0.15) is 0 Å². The SMILES string of the molecule is CCC(C)c1c(C)sc(C)c1C. The van der Waals surface area contributed by atoms with E-state index in [1.807, 2.05) is 11.3 Å². The maximum atomic E-state index is 2.32. The van der Waals surface area contributed by atoms with E-state index in [1.165, 1.54) is 21.7 Å². The molecule has 0 aliphatic rings. The molecule has 0 spiro atoms. The monoisotopic (exact) mass is 182 g/mol.